The Hall–Kier alpha value is -1.39. The second kappa shape index (κ2) is 20.5. The van der Waals surface area contributed by atoms with E-state index in [0.717, 1.165) is 38.8 Å². The first-order chi connectivity index (χ1) is 15.3. The van der Waals surface area contributed by atoms with E-state index in [2.05, 4.69) is 29.7 Å². The van der Waals surface area contributed by atoms with Gasteiger partial charge in [0.2, 0.25) is 5.91 Å². The maximum atomic E-state index is 12.7. The number of hydrogen-bond acceptors (Lipinski definition) is 3. The average molecular weight is 432 g/mol. The van der Waals surface area contributed by atoms with Gasteiger partial charge in [-0.1, -0.05) is 114 Å². The Balaban J connectivity index is 2.09. The van der Waals surface area contributed by atoms with Gasteiger partial charge in [-0.05, 0) is 31.4 Å². The third-order valence-electron chi connectivity index (χ3n) is 5.99. The molecule has 0 saturated heterocycles. The van der Waals surface area contributed by atoms with Crippen molar-refractivity contribution in [1.82, 2.24) is 10.6 Å². The number of benzene rings is 1. The van der Waals surface area contributed by atoms with E-state index in [1.54, 1.807) is 0 Å². The van der Waals surface area contributed by atoms with E-state index >= 15 is 0 Å². The number of unbranched alkanes of at least 4 members (excludes halogenated alkanes) is 12. The first kappa shape index (κ1) is 27.6. The van der Waals surface area contributed by atoms with E-state index in [1.165, 1.54) is 76.2 Å². The van der Waals surface area contributed by atoms with Crippen LogP contribution in [0.1, 0.15) is 109 Å². The molecule has 1 unspecified atom stereocenters. The van der Waals surface area contributed by atoms with Gasteiger partial charge in [-0.2, -0.15) is 0 Å². The van der Waals surface area contributed by atoms with Gasteiger partial charge in [-0.25, -0.2) is 0 Å². The van der Waals surface area contributed by atoms with Crippen molar-refractivity contribution in [1.29, 1.82) is 0 Å². The lowest BCUT2D eigenvalue weighted by molar-refractivity contribution is -0.123. The molecule has 0 bridgehead atoms. The van der Waals surface area contributed by atoms with Crippen LogP contribution in [0.4, 0.5) is 0 Å². The normalized spacial score (nSPS) is 12.1. The summed E-state index contributed by atoms with van der Waals surface area (Å²) in [5, 5.41) is 6.59. The second-order valence-corrected chi connectivity index (χ2v) is 8.88. The van der Waals surface area contributed by atoms with E-state index in [0.29, 0.717) is 6.54 Å². The molecular weight excluding hydrogens is 382 g/mol. The van der Waals surface area contributed by atoms with Crippen molar-refractivity contribution in [3.05, 3.63) is 35.9 Å². The highest BCUT2D eigenvalue weighted by Gasteiger charge is 2.16. The van der Waals surface area contributed by atoms with Crippen molar-refractivity contribution in [2.45, 2.75) is 116 Å². The van der Waals surface area contributed by atoms with Crippen LogP contribution in [0.5, 0.6) is 0 Å². The first-order valence-electron chi connectivity index (χ1n) is 13.0. The van der Waals surface area contributed by atoms with Gasteiger partial charge in [0.05, 0.1) is 6.04 Å². The fraction of sp³-hybridized carbons (Fsp3) is 0.741. The first-order valence-corrected chi connectivity index (χ1v) is 13.0. The third kappa shape index (κ3) is 16.0. The Morgan fingerprint density at radius 3 is 1.97 bits per heavy atom. The molecule has 0 fully saturated rings. The molecule has 0 saturated carbocycles. The topological polar surface area (TPSA) is 67.2 Å². The summed E-state index contributed by atoms with van der Waals surface area (Å²) in [6.07, 6.45) is 18.8. The lowest BCUT2D eigenvalue weighted by atomic mass is 10.1. The highest BCUT2D eigenvalue weighted by Crippen LogP contribution is 2.12. The Kier molecular flexibility index (Phi) is 18.3. The van der Waals surface area contributed by atoms with Gasteiger partial charge in [0, 0.05) is 13.1 Å². The number of nitrogens with two attached hydrogens (primary N) is 1. The highest BCUT2D eigenvalue weighted by molar-refractivity contribution is 5.81. The molecule has 1 amide bonds. The minimum Gasteiger partial charge on any atom is -0.355 e. The maximum absolute atomic E-state index is 12.7. The highest BCUT2D eigenvalue weighted by atomic mass is 16.2. The largest absolute Gasteiger partial charge is 0.355 e. The summed E-state index contributed by atoms with van der Waals surface area (Å²) in [4.78, 5) is 12.7. The Bertz CT molecular complexity index is 520. The maximum Gasteiger partial charge on any atom is 0.237 e. The quantitative estimate of drug-likeness (QED) is 0.206. The molecule has 178 valence electrons. The molecule has 1 aromatic rings. The van der Waals surface area contributed by atoms with Gasteiger partial charge in [0.15, 0.2) is 0 Å². The molecular formula is C27H49N3O. The molecule has 4 N–H and O–H groups in total. The van der Waals surface area contributed by atoms with E-state index < -0.39 is 0 Å². The van der Waals surface area contributed by atoms with Gasteiger partial charge in [-0.15, -0.1) is 0 Å². The van der Waals surface area contributed by atoms with Gasteiger partial charge in [-0.3, -0.25) is 4.79 Å². The van der Waals surface area contributed by atoms with Gasteiger partial charge in [0.1, 0.15) is 0 Å². The van der Waals surface area contributed by atoms with Crippen LogP contribution in [-0.2, 0) is 11.3 Å². The predicted octanol–water partition coefficient (Wildman–Crippen LogP) is 6.09. The van der Waals surface area contributed by atoms with Crippen LogP contribution in [0.25, 0.3) is 0 Å². The summed E-state index contributed by atoms with van der Waals surface area (Å²) >= 11 is 0. The van der Waals surface area contributed by atoms with Crippen LogP contribution in [0, 0.1) is 0 Å². The third-order valence-corrected chi connectivity index (χ3v) is 5.99. The Labute approximate surface area is 192 Å². The number of nitrogens with one attached hydrogen (secondary N) is 2. The van der Waals surface area contributed by atoms with Crippen molar-refractivity contribution >= 4 is 5.91 Å². The smallest absolute Gasteiger partial charge is 0.237 e. The fourth-order valence-corrected chi connectivity index (χ4v) is 3.96. The fourth-order valence-electron chi connectivity index (χ4n) is 3.96. The molecule has 0 aromatic heterocycles. The zero-order chi connectivity index (χ0) is 22.4. The molecule has 31 heavy (non-hydrogen) atoms. The van der Waals surface area contributed by atoms with Crippen molar-refractivity contribution in [2.75, 3.05) is 13.1 Å². The van der Waals surface area contributed by atoms with Gasteiger partial charge >= 0.3 is 0 Å². The molecule has 0 aliphatic carbocycles. The summed E-state index contributed by atoms with van der Waals surface area (Å²) in [6, 6.07) is 10.1. The molecule has 0 radical (unpaired) electrons. The number of hydrogen-bond donors (Lipinski definition) is 3. The van der Waals surface area contributed by atoms with Crippen LogP contribution in [-0.4, -0.2) is 25.0 Å². The number of carbonyl (C=O) groups excluding carboxylic acids is 1. The van der Waals surface area contributed by atoms with Crippen molar-refractivity contribution in [2.24, 2.45) is 5.73 Å². The molecule has 1 atom stereocenters. The monoisotopic (exact) mass is 431 g/mol. The minimum atomic E-state index is -0.135. The summed E-state index contributed by atoms with van der Waals surface area (Å²) in [7, 11) is 0. The number of rotatable bonds is 21. The van der Waals surface area contributed by atoms with Crippen molar-refractivity contribution in [3.63, 3.8) is 0 Å². The number of carbonyl (C=O) groups is 1. The summed E-state index contributed by atoms with van der Waals surface area (Å²) in [6.45, 7) is 4.47. The lowest BCUT2D eigenvalue weighted by Gasteiger charge is -2.18. The Morgan fingerprint density at radius 2 is 1.39 bits per heavy atom. The molecule has 0 heterocycles. The predicted molar refractivity (Wildman–Crippen MR) is 134 cm³/mol. The Morgan fingerprint density at radius 1 is 0.806 bits per heavy atom. The van der Waals surface area contributed by atoms with Crippen LogP contribution >= 0.6 is 0 Å². The molecule has 4 heteroatoms. The second-order valence-electron chi connectivity index (χ2n) is 8.88. The van der Waals surface area contributed by atoms with E-state index in [-0.39, 0.29) is 11.9 Å². The molecule has 0 spiro atoms. The minimum absolute atomic E-state index is 0.135. The molecule has 1 aromatic carbocycles. The molecule has 0 aliphatic rings. The molecule has 1 rings (SSSR count). The van der Waals surface area contributed by atoms with Crippen LogP contribution in [0.15, 0.2) is 30.3 Å². The summed E-state index contributed by atoms with van der Waals surface area (Å²) in [5.74, 6) is 0.135. The molecule has 0 aliphatic heterocycles. The van der Waals surface area contributed by atoms with E-state index in [4.69, 9.17) is 5.73 Å². The van der Waals surface area contributed by atoms with Crippen molar-refractivity contribution in [3.8, 4) is 0 Å². The van der Waals surface area contributed by atoms with Crippen LogP contribution in [0.2, 0.25) is 0 Å². The summed E-state index contributed by atoms with van der Waals surface area (Å²) in [5.41, 5.74) is 6.83. The van der Waals surface area contributed by atoms with E-state index in [9.17, 15) is 4.79 Å². The average Bonchev–Trinajstić information content (AvgIpc) is 2.79. The zero-order valence-electron chi connectivity index (χ0n) is 20.2. The standard InChI is InChI=1S/C27H49N3O/c1-2-3-4-5-6-7-8-9-10-11-12-18-23-29-27(31)26(21-16-17-22-28)30-24-25-19-14-13-15-20-25/h13-15,19-20,26,30H,2-12,16-18,21-24,28H2,1H3,(H,29,31). The van der Waals surface area contributed by atoms with Crippen molar-refractivity contribution < 1.29 is 4.79 Å². The van der Waals surface area contributed by atoms with Gasteiger partial charge in [0.25, 0.3) is 0 Å². The molecule has 4 nitrogen and oxygen atoms in total. The summed E-state index contributed by atoms with van der Waals surface area (Å²) < 4.78 is 0. The zero-order valence-corrected chi connectivity index (χ0v) is 20.2. The van der Waals surface area contributed by atoms with Crippen LogP contribution in [0.3, 0.4) is 0 Å². The lowest BCUT2D eigenvalue weighted by Crippen LogP contribution is -2.44. The van der Waals surface area contributed by atoms with E-state index in [1.807, 2.05) is 18.2 Å². The number of amides is 1. The van der Waals surface area contributed by atoms with Gasteiger partial charge < -0.3 is 16.4 Å². The SMILES string of the molecule is CCCCCCCCCCCCCCNC(=O)C(CCCCN)NCc1ccccc1. The van der Waals surface area contributed by atoms with Crippen LogP contribution < -0.4 is 16.4 Å².